The lowest BCUT2D eigenvalue weighted by molar-refractivity contribution is -0.138. The molecule has 0 amide bonds. The molecule has 0 aromatic heterocycles. The topological polar surface area (TPSA) is 58.9 Å². The fourth-order valence-electron chi connectivity index (χ4n) is 1.08. The zero-order chi connectivity index (χ0) is 10.6. The lowest BCUT2D eigenvalue weighted by Gasteiger charge is -2.06. The zero-order valence-electron chi connectivity index (χ0n) is 8.24. The minimum atomic E-state index is -0.499. The van der Waals surface area contributed by atoms with E-state index in [2.05, 4.69) is 4.99 Å². The number of rotatable bonds is 3. The van der Waals surface area contributed by atoms with E-state index in [-0.39, 0.29) is 11.3 Å². The molecule has 1 heterocycles. The van der Waals surface area contributed by atoms with Crippen LogP contribution in [0.25, 0.3) is 0 Å². The van der Waals surface area contributed by atoms with Crippen molar-refractivity contribution in [3.63, 3.8) is 0 Å². The fraction of sp³-hybridized carbons (Fsp3) is 0.556. The maximum Gasteiger partial charge on any atom is 0.344 e. The van der Waals surface area contributed by atoms with Crippen molar-refractivity contribution in [2.45, 2.75) is 13.8 Å². The summed E-state index contributed by atoms with van der Waals surface area (Å²) in [6, 6.07) is 0. The predicted octanol–water partition coefficient (Wildman–Crippen LogP) is 1.53. The van der Waals surface area contributed by atoms with Crippen LogP contribution in [0.1, 0.15) is 13.8 Å². The summed E-state index contributed by atoms with van der Waals surface area (Å²) in [5.74, 6) is 0.322. The Hall–Kier alpha value is -0.970. The number of allylic oxidation sites excluding steroid dienone is 1. The van der Waals surface area contributed by atoms with Crippen LogP contribution in [0.3, 0.4) is 0 Å². The Kier molecular flexibility index (Phi) is 4.00. The summed E-state index contributed by atoms with van der Waals surface area (Å²) in [7, 11) is 0. The number of thioether (sulfide) groups is 1. The predicted molar refractivity (Wildman–Crippen MR) is 56.7 cm³/mol. The lowest BCUT2D eigenvalue weighted by Crippen LogP contribution is -2.15. The molecular weight excluding hydrogens is 202 g/mol. The first-order valence-corrected chi connectivity index (χ1v) is 5.40. The highest BCUT2D eigenvalue weighted by Crippen LogP contribution is 2.21. The smallest absolute Gasteiger partial charge is 0.344 e. The third-order valence-electron chi connectivity index (χ3n) is 1.64. The first-order valence-electron chi connectivity index (χ1n) is 4.41. The maximum absolute atomic E-state index is 11.4. The summed E-state index contributed by atoms with van der Waals surface area (Å²) >= 11 is 1.46. The summed E-state index contributed by atoms with van der Waals surface area (Å²) < 4.78 is 4.83. The standard InChI is InChI=1S/C9H13NO3S/c1-3-13-9(12)7(6(2)11)8-10-4-5-14-8/h11H,3-5H2,1-2H3/b7-6-. The van der Waals surface area contributed by atoms with Gasteiger partial charge in [0, 0.05) is 12.3 Å². The van der Waals surface area contributed by atoms with Gasteiger partial charge in [0.05, 0.1) is 6.61 Å². The number of aliphatic hydroxyl groups excluding tert-OH is 1. The van der Waals surface area contributed by atoms with E-state index >= 15 is 0 Å². The van der Waals surface area contributed by atoms with Crippen molar-refractivity contribution in [2.24, 2.45) is 4.99 Å². The van der Waals surface area contributed by atoms with Gasteiger partial charge in [-0.05, 0) is 13.8 Å². The maximum atomic E-state index is 11.4. The lowest BCUT2D eigenvalue weighted by atomic mass is 10.2. The molecule has 1 N–H and O–H groups in total. The van der Waals surface area contributed by atoms with Gasteiger partial charge in [-0.15, -0.1) is 11.8 Å². The molecule has 0 aromatic carbocycles. The molecule has 0 saturated heterocycles. The molecule has 0 aromatic rings. The number of hydrogen-bond donors (Lipinski definition) is 1. The van der Waals surface area contributed by atoms with Crippen LogP contribution >= 0.6 is 11.8 Å². The monoisotopic (exact) mass is 215 g/mol. The van der Waals surface area contributed by atoms with Gasteiger partial charge >= 0.3 is 5.97 Å². The van der Waals surface area contributed by atoms with E-state index in [0.717, 1.165) is 5.75 Å². The van der Waals surface area contributed by atoms with Crippen LogP contribution in [-0.2, 0) is 9.53 Å². The molecule has 78 valence electrons. The Labute approximate surface area is 87.1 Å². The van der Waals surface area contributed by atoms with E-state index in [9.17, 15) is 9.90 Å². The fourth-order valence-corrected chi connectivity index (χ4v) is 2.01. The third-order valence-corrected chi connectivity index (χ3v) is 2.63. The van der Waals surface area contributed by atoms with Crippen molar-refractivity contribution < 1.29 is 14.6 Å². The SMILES string of the molecule is CCOC(=O)/C(C1=NCCS1)=C(/C)O. The van der Waals surface area contributed by atoms with E-state index < -0.39 is 5.97 Å². The van der Waals surface area contributed by atoms with Gasteiger partial charge in [0.2, 0.25) is 0 Å². The van der Waals surface area contributed by atoms with Crippen molar-refractivity contribution in [3.05, 3.63) is 11.3 Å². The molecule has 14 heavy (non-hydrogen) atoms. The quantitative estimate of drug-likeness (QED) is 0.440. The number of hydrogen-bond acceptors (Lipinski definition) is 5. The molecule has 0 aliphatic carbocycles. The second kappa shape index (κ2) is 5.05. The van der Waals surface area contributed by atoms with E-state index in [0.29, 0.717) is 18.2 Å². The van der Waals surface area contributed by atoms with Crippen LogP contribution < -0.4 is 0 Å². The molecule has 0 fully saturated rings. The average molecular weight is 215 g/mol. The van der Waals surface area contributed by atoms with Crippen molar-refractivity contribution in [2.75, 3.05) is 18.9 Å². The Bertz CT molecular complexity index is 292. The molecule has 0 spiro atoms. The Balaban J connectivity index is 2.86. The number of carbonyl (C=O) groups excluding carboxylic acids is 1. The van der Waals surface area contributed by atoms with Gasteiger partial charge in [0.15, 0.2) is 0 Å². The molecule has 0 atom stereocenters. The molecule has 0 radical (unpaired) electrons. The normalized spacial score (nSPS) is 17.4. The van der Waals surface area contributed by atoms with Gasteiger partial charge in [0.25, 0.3) is 0 Å². The largest absolute Gasteiger partial charge is 0.512 e. The number of aliphatic hydroxyl groups is 1. The first-order chi connectivity index (χ1) is 6.66. The molecule has 0 saturated carbocycles. The van der Waals surface area contributed by atoms with Crippen LogP contribution in [0.15, 0.2) is 16.3 Å². The Morgan fingerprint density at radius 3 is 2.86 bits per heavy atom. The van der Waals surface area contributed by atoms with Gasteiger partial charge < -0.3 is 9.84 Å². The van der Waals surface area contributed by atoms with Crippen LogP contribution in [0.4, 0.5) is 0 Å². The molecule has 0 unspecified atom stereocenters. The summed E-state index contributed by atoms with van der Waals surface area (Å²) in [5.41, 5.74) is 0.203. The highest BCUT2D eigenvalue weighted by Gasteiger charge is 2.23. The van der Waals surface area contributed by atoms with Crippen molar-refractivity contribution in [1.82, 2.24) is 0 Å². The van der Waals surface area contributed by atoms with Gasteiger partial charge in [-0.1, -0.05) is 0 Å². The number of ether oxygens (including phenoxy) is 1. The summed E-state index contributed by atoms with van der Waals surface area (Å²) in [4.78, 5) is 15.6. The van der Waals surface area contributed by atoms with E-state index in [1.165, 1.54) is 18.7 Å². The number of nitrogens with zero attached hydrogens (tertiary/aromatic N) is 1. The van der Waals surface area contributed by atoms with E-state index in [1.807, 2.05) is 0 Å². The van der Waals surface area contributed by atoms with Crippen LogP contribution in [0.2, 0.25) is 0 Å². The molecular formula is C9H13NO3S. The minimum Gasteiger partial charge on any atom is -0.512 e. The number of carbonyl (C=O) groups is 1. The van der Waals surface area contributed by atoms with E-state index in [4.69, 9.17) is 4.74 Å². The Morgan fingerprint density at radius 2 is 2.43 bits per heavy atom. The van der Waals surface area contributed by atoms with Crippen molar-refractivity contribution in [1.29, 1.82) is 0 Å². The molecule has 4 nitrogen and oxygen atoms in total. The van der Waals surface area contributed by atoms with Gasteiger partial charge in [-0.3, -0.25) is 4.99 Å². The van der Waals surface area contributed by atoms with Gasteiger partial charge in [0.1, 0.15) is 16.4 Å². The van der Waals surface area contributed by atoms with Gasteiger partial charge in [-0.2, -0.15) is 0 Å². The van der Waals surface area contributed by atoms with Crippen LogP contribution in [-0.4, -0.2) is 35.0 Å². The number of aliphatic imine (C=N–C) groups is 1. The molecule has 1 rings (SSSR count). The third kappa shape index (κ3) is 2.51. The van der Waals surface area contributed by atoms with E-state index in [1.54, 1.807) is 6.92 Å². The summed E-state index contributed by atoms with van der Waals surface area (Å²) in [6.07, 6.45) is 0. The first kappa shape index (κ1) is 11.1. The number of esters is 1. The van der Waals surface area contributed by atoms with Crippen LogP contribution in [0, 0.1) is 0 Å². The van der Waals surface area contributed by atoms with Crippen molar-refractivity contribution >= 4 is 22.8 Å². The molecule has 5 heteroatoms. The Morgan fingerprint density at radius 1 is 1.71 bits per heavy atom. The highest BCUT2D eigenvalue weighted by atomic mass is 32.2. The zero-order valence-corrected chi connectivity index (χ0v) is 9.06. The summed E-state index contributed by atoms with van der Waals surface area (Å²) in [6.45, 7) is 4.18. The molecule has 0 bridgehead atoms. The molecule has 1 aliphatic heterocycles. The second-order valence-corrected chi connectivity index (χ2v) is 3.80. The van der Waals surface area contributed by atoms with Crippen LogP contribution in [0.5, 0.6) is 0 Å². The van der Waals surface area contributed by atoms with Gasteiger partial charge in [-0.25, -0.2) is 4.79 Å². The summed E-state index contributed by atoms with van der Waals surface area (Å²) in [5, 5.41) is 9.94. The average Bonchev–Trinajstić information content (AvgIpc) is 2.57. The van der Waals surface area contributed by atoms with Crippen molar-refractivity contribution in [3.8, 4) is 0 Å². The molecule has 1 aliphatic rings. The highest BCUT2D eigenvalue weighted by molar-refractivity contribution is 8.14. The second-order valence-electron chi connectivity index (χ2n) is 2.72. The minimum absolute atomic E-state index is 0.0309.